The lowest BCUT2D eigenvalue weighted by Crippen LogP contribution is -2.19. The minimum absolute atomic E-state index is 0.0794. The summed E-state index contributed by atoms with van der Waals surface area (Å²) >= 11 is 10.7. The molecule has 0 aromatic heterocycles. The number of terminal acetylenes is 1. The molecule has 0 bridgehead atoms. The second kappa shape index (κ2) is 9.40. The third kappa shape index (κ3) is 5.15. The Morgan fingerprint density at radius 1 is 1.38 bits per heavy atom. The van der Waals surface area contributed by atoms with Gasteiger partial charge in [0.15, 0.2) is 16.7 Å². The van der Waals surface area contributed by atoms with Crippen molar-refractivity contribution < 1.29 is 14.3 Å². The van der Waals surface area contributed by atoms with E-state index in [9.17, 15) is 4.79 Å². The largest absolute Gasteiger partial charge is 0.493 e. The van der Waals surface area contributed by atoms with Crippen LogP contribution in [0.4, 0.5) is 5.69 Å². The first-order chi connectivity index (χ1) is 13.9. The van der Waals surface area contributed by atoms with Crippen LogP contribution in [0.2, 0.25) is 5.02 Å². The van der Waals surface area contributed by atoms with Crippen LogP contribution in [-0.2, 0) is 4.79 Å². The van der Waals surface area contributed by atoms with Gasteiger partial charge in [-0.15, -0.1) is 6.42 Å². The first-order valence-corrected chi connectivity index (χ1v) is 10.4. The Hall–Kier alpha value is -2.40. The number of rotatable bonds is 5. The average molecular weight is 492 g/mol. The molecule has 1 aliphatic rings. The van der Waals surface area contributed by atoms with E-state index in [1.54, 1.807) is 18.2 Å². The zero-order chi connectivity index (χ0) is 21.0. The van der Waals surface area contributed by atoms with E-state index < -0.39 is 0 Å². The first-order valence-electron chi connectivity index (χ1n) is 8.41. The predicted molar refractivity (Wildman–Crippen MR) is 122 cm³/mol. The molecule has 2 aromatic rings. The van der Waals surface area contributed by atoms with E-state index in [4.69, 9.17) is 27.5 Å². The third-order valence-electron chi connectivity index (χ3n) is 3.89. The highest BCUT2D eigenvalue weighted by Crippen LogP contribution is 2.38. The van der Waals surface area contributed by atoms with Crippen molar-refractivity contribution in [2.24, 2.45) is 4.99 Å². The molecule has 0 aliphatic carbocycles. The minimum Gasteiger partial charge on any atom is -0.493 e. The van der Waals surface area contributed by atoms with E-state index in [2.05, 4.69) is 32.2 Å². The van der Waals surface area contributed by atoms with Crippen LogP contribution in [-0.4, -0.2) is 24.8 Å². The van der Waals surface area contributed by atoms with Crippen LogP contribution in [0.5, 0.6) is 11.5 Å². The number of carbonyl (C=O) groups is 1. The first kappa shape index (κ1) is 21.3. The molecule has 1 N–H and O–H groups in total. The van der Waals surface area contributed by atoms with Crippen molar-refractivity contribution in [3.05, 3.63) is 55.9 Å². The fourth-order valence-electron chi connectivity index (χ4n) is 2.59. The predicted octanol–water partition coefficient (Wildman–Crippen LogP) is 5.32. The van der Waals surface area contributed by atoms with Crippen molar-refractivity contribution in [3.63, 3.8) is 0 Å². The van der Waals surface area contributed by atoms with Gasteiger partial charge in [-0.2, -0.15) is 0 Å². The zero-order valence-corrected chi connectivity index (χ0v) is 18.7. The molecule has 0 saturated carbocycles. The van der Waals surface area contributed by atoms with Gasteiger partial charge in [0.2, 0.25) is 0 Å². The van der Waals surface area contributed by atoms with Gasteiger partial charge in [-0.25, -0.2) is 4.99 Å². The average Bonchev–Trinajstić information content (AvgIpc) is 3.01. The molecule has 1 saturated heterocycles. The van der Waals surface area contributed by atoms with E-state index in [1.165, 1.54) is 18.9 Å². The van der Waals surface area contributed by atoms with Crippen LogP contribution in [0.25, 0.3) is 6.08 Å². The van der Waals surface area contributed by atoms with Gasteiger partial charge in [-0.05, 0) is 60.7 Å². The Labute approximate surface area is 186 Å². The summed E-state index contributed by atoms with van der Waals surface area (Å²) in [7, 11) is 1.54. The molecule has 3 rings (SSSR count). The Morgan fingerprint density at radius 3 is 2.86 bits per heavy atom. The van der Waals surface area contributed by atoms with E-state index >= 15 is 0 Å². The van der Waals surface area contributed by atoms with Gasteiger partial charge in [0.05, 0.1) is 17.7 Å². The number of hydrogen-bond donors (Lipinski definition) is 1. The monoisotopic (exact) mass is 490 g/mol. The number of methoxy groups -OCH3 is 1. The lowest BCUT2D eigenvalue weighted by molar-refractivity contribution is -0.115. The molecule has 0 unspecified atom stereocenters. The zero-order valence-electron chi connectivity index (χ0n) is 15.6. The highest BCUT2D eigenvalue weighted by Gasteiger charge is 2.25. The molecular weight excluding hydrogens is 476 g/mol. The molecule has 1 fully saturated rings. The highest BCUT2D eigenvalue weighted by atomic mass is 79.9. The molecule has 1 heterocycles. The van der Waals surface area contributed by atoms with Gasteiger partial charge in [0.25, 0.3) is 5.91 Å². The number of ether oxygens (including phenoxy) is 2. The molecule has 1 amide bonds. The van der Waals surface area contributed by atoms with Gasteiger partial charge >= 0.3 is 0 Å². The van der Waals surface area contributed by atoms with Crippen molar-refractivity contribution in [1.29, 1.82) is 0 Å². The topological polar surface area (TPSA) is 59.9 Å². The number of aryl methyl sites for hydroxylation is 1. The molecule has 148 valence electrons. The van der Waals surface area contributed by atoms with Crippen LogP contribution < -0.4 is 14.8 Å². The summed E-state index contributed by atoms with van der Waals surface area (Å²) in [6.07, 6.45) is 7.03. The number of hydrogen-bond acceptors (Lipinski definition) is 5. The number of carbonyl (C=O) groups excluding carboxylic acids is 1. The number of thioether (sulfide) groups is 1. The molecule has 29 heavy (non-hydrogen) atoms. The fourth-order valence-corrected chi connectivity index (χ4v) is 4.10. The summed E-state index contributed by atoms with van der Waals surface area (Å²) in [5.74, 6) is 3.16. The molecule has 2 aromatic carbocycles. The third-order valence-corrected chi connectivity index (χ3v) is 5.49. The van der Waals surface area contributed by atoms with Crippen LogP contribution in [0, 0.1) is 19.3 Å². The summed E-state index contributed by atoms with van der Waals surface area (Å²) in [5.41, 5.74) is 2.31. The number of nitrogens with one attached hydrogen (secondary N) is 1. The molecule has 1 aliphatic heterocycles. The minimum atomic E-state index is -0.248. The molecule has 0 radical (unpaired) electrons. The summed E-state index contributed by atoms with van der Waals surface area (Å²) in [6.45, 7) is 1.99. The van der Waals surface area contributed by atoms with Crippen molar-refractivity contribution in [2.45, 2.75) is 6.92 Å². The fraction of sp³-hybridized carbons (Fsp3) is 0.143. The Kier molecular flexibility index (Phi) is 6.91. The number of amidine groups is 1. The number of amides is 1. The maximum absolute atomic E-state index is 12.5. The number of halogens is 2. The number of benzene rings is 2. The second-order valence-electron chi connectivity index (χ2n) is 5.93. The van der Waals surface area contributed by atoms with Crippen molar-refractivity contribution in [2.75, 3.05) is 13.7 Å². The van der Waals surface area contributed by atoms with Crippen molar-refractivity contribution in [1.82, 2.24) is 5.32 Å². The molecule has 8 heteroatoms. The highest BCUT2D eigenvalue weighted by molar-refractivity contribution is 9.10. The Morgan fingerprint density at radius 2 is 2.17 bits per heavy atom. The van der Waals surface area contributed by atoms with E-state index in [1.807, 2.05) is 25.1 Å². The Balaban J connectivity index is 1.95. The Bertz CT molecular complexity index is 1080. The van der Waals surface area contributed by atoms with Crippen molar-refractivity contribution in [3.8, 4) is 23.8 Å². The quantitative estimate of drug-likeness (QED) is 0.454. The molecule has 0 atom stereocenters. The maximum atomic E-state index is 12.5. The normalized spacial score (nSPS) is 16.0. The van der Waals surface area contributed by atoms with Crippen LogP contribution >= 0.6 is 39.3 Å². The summed E-state index contributed by atoms with van der Waals surface area (Å²) in [4.78, 5) is 17.5. The second-order valence-corrected chi connectivity index (χ2v) is 8.31. The lowest BCUT2D eigenvalue weighted by Gasteiger charge is -2.12. The van der Waals surface area contributed by atoms with Gasteiger partial charge in [0.1, 0.15) is 6.61 Å². The maximum Gasteiger partial charge on any atom is 0.264 e. The van der Waals surface area contributed by atoms with E-state index in [0.29, 0.717) is 32.2 Å². The van der Waals surface area contributed by atoms with Gasteiger partial charge in [-0.3, -0.25) is 4.79 Å². The smallest absolute Gasteiger partial charge is 0.264 e. The lowest BCUT2D eigenvalue weighted by atomic mass is 10.1. The van der Waals surface area contributed by atoms with Crippen LogP contribution in [0.1, 0.15) is 11.1 Å². The standard InChI is InChI=1S/C21H16BrClN2O3S/c1-4-7-28-19-13(9-14(22)11-17(19)27-3)10-18-20(26)25-21(29-18)24-16-6-5-15(23)8-12(16)2/h1,5-6,8-11H,7H2,2-3H3,(H,24,25,26)/b18-10-. The summed E-state index contributed by atoms with van der Waals surface area (Å²) < 4.78 is 11.8. The molecular formula is C21H16BrClN2O3S. The van der Waals surface area contributed by atoms with Crippen LogP contribution in [0.3, 0.4) is 0 Å². The SMILES string of the molecule is C#CCOc1c(/C=C2\SC(=Nc3ccc(Cl)cc3C)NC2=O)cc(Br)cc1OC. The molecule has 5 nitrogen and oxygen atoms in total. The van der Waals surface area contributed by atoms with E-state index in [-0.39, 0.29) is 12.5 Å². The molecule has 0 spiro atoms. The van der Waals surface area contributed by atoms with E-state index in [0.717, 1.165) is 15.7 Å². The van der Waals surface area contributed by atoms with Gasteiger partial charge < -0.3 is 14.8 Å². The van der Waals surface area contributed by atoms with Crippen molar-refractivity contribution >= 4 is 62.1 Å². The number of nitrogens with zero attached hydrogens (tertiary/aromatic N) is 1. The van der Waals surface area contributed by atoms with Crippen LogP contribution in [0.15, 0.2) is 44.7 Å². The van der Waals surface area contributed by atoms with Gasteiger partial charge in [0, 0.05) is 15.1 Å². The summed E-state index contributed by atoms with van der Waals surface area (Å²) in [5, 5.41) is 3.90. The summed E-state index contributed by atoms with van der Waals surface area (Å²) in [6, 6.07) is 8.99. The van der Waals surface area contributed by atoms with Gasteiger partial charge in [-0.1, -0.05) is 33.5 Å². The number of aliphatic imine (C=N–C) groups is 1.